The summed E-state index contributed by atoms with van der Waals surface area (Å²) < 4.78 is 0. The van der Waals surface area contributed by atoms with Crippen molar-refractivity contribution in [2.24, 2.45) is 4.99 Å². The molecular weight excluding hydrogens is 122 g/mol. The molecule has 1 aliphatic heterocycles. The molecule has 8 heavy (non-hydrogen) atoms. The SMILES string of the molecule is CC1=CC(Cl)=NCC1. The highest BCUT2D eigenvalue weighted by atomic mass is 35.5. The summed E-state index contributed by atoms with van der Waals surface area (Å²) in [7, 11) is 0. The number of dihydropyridines is 1. The summed E-state index contributed by atoms with van der Waals surface area (Å²) in [6.07, 6.45) is 2.97. The van der Waals surface area contributed by atoms with E-state index in [-0.39, 0.29) is 0 Å². The van der Waals surface area contributed by atoms with Crippen LogP contribution in [0.15, 0.2) is 16.6 Å². The molecule has 0 aromatic rings. The van der Waals surface area contributed by atoms with E-state index in [1.165, 1.54) is 5.57 Å². The second kappa shape index (κ2) is 2.31. The summed E-state index contributed by atoms with van der Waals surface area (Å²) in [6.45, 7) is 2.93. The highest BCUT2D eigenvalue weighted by Crippen LogP contribution is 2.07. The zero-order valence-corrected chi connectivity index (χ0v) is 5.57. The van der Waals surface area contributed by atoms with Crippen LogP contribution in [-0.2, 0) is 0 Å². The van der Waals surface area contributed by atoms with Gasteiger partial charge in [-0.05, 0) is 19.4 Å². The fourth-order valence-corrected chi connectivity index (χ4v) is 0.931. The van der Waals surface area contributed by atoms with Crippen LogP contribution < -0.4 is 0 Å². The van der Waals surface area contributed by atoms with Crippen LogP contribution in [0.25, 0.3) is 0 Å². The van der Waals surface area contributed by atoms with Crippen molar-refractivity contribution in [3.8, 4) is 0 Å². The monoisotopic (exact) mass is 129 g/mol. The van der Waals surface area contributed by atoms with Gasteiger partial charge in [-0.15, -0.1) is 0 Å². The van der Waals surface area contributed by atoms with Gasteiger partial charge in [0.15, 0.2) is 0 Å². The van der Waals surface area contributed by atoms with Crippen LogP contribution in [0, 0.1) is 0 Å². The van der Waals surface area contributed by atoms with Crippen LogP contribution >= 0.6 is 11.6 Å². The third-order valence-electron chi connectivity index (χ3n) is 1.13. The molecular formula is C6H8ClN. The Morgan fingerprint density at radius 2 is 2.50 bits per heavy atom. The lowest BCUT2D eigenvalue weighted by Gasteiger charge is -2.02. The van der Waals surface area contributed by atoms with E-state index in [2.05, 4.69) is 11.9 Å². The van der Waals surface area contributed by atoms with Crippen LogP contribution in [0.1, 0.15) is 13.3 Å². The summed E-state index contributed by atoms with van der Waals surface area (Å²) >= 11 is 5.59. The highest BCUT2D eigenvalue weighted by Gasteiger charge is 1.97. The van der Waals surface area contributed by atoms with Gasteiger partial charge in [-0.25, -0.2) is 0 Å². The Hall–Kier alpha value is -0.300. The molecule has 0 N–H and O–H groups in total. The van der Waals surface area contributed by atoms with Crippen molar-refractivity contribution in [3.63, 3.8) is 0 Å². The topological polar surface area (TPSA) is 12.4 Å². The molecule has 0 atom stereocenters. The number of halogens is 1. The van der Waals surface area contributed by atoms with Gasteiger partial charge < -0.3 is 0 Å². The number of allylic oxidation sites excluding steroid dienone is 1. The Labute approximate surface area is 54.1 Å². The van der Waals surface area contributed by atoms with Crippen molar-refractivity contribution >= 4 is 16.8 Å². The summed E-state index contributed by atoms with van der Waals surface area (Å²) in [4.78, 5) is 3.99. The first-order valence-corrected chi connectivity index (χ1v) is 3.04. The Balaban J connectivity index is 2.69. The van der Waals surface area contributed by atoms with Crippen LogP contribution in [0.4, 0.5) is 0 Å². The standard InChI is InChI=1S/C6H8ClN/c1-5-2-3-8-6(7)4-5/h4H,2-3H2,1H3. The third kappa shape index (κ3) is 1.34. The minimum Gasteiger partial charge on any atom is -0.273 e. The van der Waals surface area contributed by atoms with Crippen LogP contribution in [-0.4, -0.2) is 11.7 Å². The molecule has 0 fully saturated rings. The van der Waals surface area contributed by atoms with Crippen molar-refractivity contribution in [2.45, 2.75) is 13.3 Å². The zero-order chi connectivity index (χ0) is 5.98. The molecule has 0 unspecified atom stereocenters. The van der Waals surface area contributed by atoms with Crippen molar-refractivity contribution in [1.29, 1.82) is 0 Å². The first-order chi connectivity index (χ1) is 3.79. The van der Waals surface area contributed by atoms with Crippen LogP contribution in [0.3, 0.4) is 0 Å². The molecule has 1 heterocycles. The predicted molar refractivity (Wildman–Crippen MR) is 36.5 cm³/mol. The lowest BCUT2D eigenvalue weighted by Crippen LogP contribution is -1.95. The van der Waals surface area contributed by atoms with E-state index in [0.29, 0.717) is 5.17 Å². The minimum absolute atomic E-state index is 0.647. The number of nitrogens with zero attached hydrogens (tertiary/aromatic N) is 1. The van der Waals surface area contributed by atoms with E-state index in [1.807, 2.05) is 6.08 Å². The molecule has 0 radical (unpaired) electrons. The second-order valence-electron chi connectivity index (χ2n) is 1.95. The molecule has 0 spiro atoms. The van der Waals surface area contributed by atoms with Crippen molar-refractivity contribution < 1.29 is 0 Å². The molecule has 44 valence electrons. The maximum Gasteiger partial charge on any atom is 0.123 e. The normalized spacial score (nSPS) is 19.8. The zero-order valence-electron chi connectivity index (χ0n) is 4.82. The maximum absolute atomic E-state index is 5.59. The molecule has 2 heteroatoms. The van der Waals surface area contributed by atoms with Crippen LogP contribution in [0.2, 0.25) is 0 Å². The van der Waals surface area contributed by atoms with Gasteiger partial charge in [-0.1, -0.05) is 17.2 Å². The van der Waals surface area contributed by atoms with Crippen molar-refractivity contribution in [1.82, 2.24) is 0 Å². The van der Waals surface area contributed by atoms with E-state index in [9.17, 15) is 0 Å². The first-order valence-electron chi connectivity index (χ1n) is 2.66. The van der Waals surface area contributed by atoms with Gasteiger partial charge in [0.05, 0.1) is 0 Å². The smallest absolute Gasteiger partial charge is 0.123 e. The quantitative estimate of drug-likeness (QED) is 0.474. The molecule has 0 saturated heterocycles. The lowest BCUT2D eigenvalue weighted by molar-refractivity contribution is 0.940. The molecule has 0 amide bonds. The predicted octanol–water partition coefficient (Wildman–Crippen LogP) is 1.97. The Bertz CT molecular complexity index is 147. The Kier molecular flexibility index (Phi) is 1.69. The van der Waals surface area contributed by atoms with Crippen molar-refractivity contribution in [2.75, 3.05) is 6.54 Å². The fourth-order valence-electron chi connectivity index (χ4n) is 0.660. The largest absolute Gasteiger partial charge is 0.273 e. The average Bonchev–Trinajstić information content (AvgIpc) is 1.64. The molecule has 1 aliphatic rings. The van der Waals surface area contributed by atoms with Gasteiger partial charge in [0.2, 0.25) is 0 Å². The van der Waals surface area contributed by atoms with Crippen molar-refractivity contribution in [3.05, 3.63) is 11.6 Å². The van der Waals surface area contributed by atoms with E-state index in [0.717, 1.165) is 13.0 Å². The molecule has 1 nitrogen and oxygen atoms in total. The molecule has 0 aromatic heterocycles. The van der Waals surface area contributed by atoms with Gasteiger partial charge in [0, 0.05) is 6.54 Å². The average molecular weight is 130 g/mol. The Morgan fingerprint density at radius 3 is 2.88 bits per heavy atom. The maximum atomic E-state index is 5.59. The molecule has 1 rings (SSSR count). The number of hydrogen-bond donors (Lipinski definition) is 0. The van der Waals surface area contributed by atoms with Gasteiger partial charge in [-0.3, -0.25) is 4.99 Å². The molecule has 0 aliphatic carbocycles. The van der Waals surface area contributed by atoms with Crippen LogP contribution in [0.5, 0.6) is 0 Å². The lowest BCUT2D eigenvalue weighted by atomic mass is 10.2. The molecule has 0 bridgehead atoms. The first kappa shape index (κ1) is 5.83. The van der Waals surface area contributed by atoms with E-state index in [1.54, 1.807) is 0 Å². The molecule has 0 saturated carbocycles. The third-order valence-corrected chi connectivity index (χ3v) is 1.36. The minimum atomic E-state index is 0.647. The van der Waals surface area contributed by atoms with E-state index in [4.69, 9.17) is 11.6 Å². The number of rotatable bonds is 0. The van der Waals surface area contributed by atoms with E-state index < -0.39 is 0 Å². The summed E-state index contributed by atoms with van der Waals surface area (Å²) in [5.41, 5.74) is 1.32. The second-order valence-corrected chi connectivity index (χ2v) is 2.33. The molecule has 0 aromatic carbocycles. The summed E-state index contributed by atoms with van der Waals surface area (Å²) in [6, 6.07) is 0. The Morgan fingerprint density at radius 1 is 1.75 bits per heavy atom. The number of hydrogen-bond acceptors (Lipinski definition) is 1. The highest BCUT2D eigenvalue weighted by molar-refractivity contribution is 6.68. The summed E-state index contributed by atoms with van der Waals surface area (Å²) in [5, 5.41) is 0.647. The number of aliphatic imine (C=N–C) groups is 1. The van der Waals surface area contributed by atoms with Gasteiger partial charge in [0.1, 0.15) is 5.17 Å². The summed E-state index contributed by atoms with van der Waals surface area (Å²) in [5.74, 6) is 0. The van der Waals surface area contributed by atoms with E-state index >= 15 is 0 Å². The van der Waals surface area contributed by atoms with Gasteiger partial charge in [0.25, 0.3) is 0 Å². The van der Waals surface area contributed by atoms with Gasteiger partial charge >= 0.3 is 0 Å². The fraction of sp³-hybridized carbons (Fsp3) is 0.500. The van der Waals surface area contributed by atoms with Gasteiger partial charge in [-0.2, -0.15) is 0 Å².